The molecule has 0 aliphatic heterocycles. The van der Waals surface area contributed by atoms with Crippen LogP contribution >= 0.6 is 0 Å². The summed E-state index contributed by atoms with van der Waals surface area (Å²) < 4.78 is 16.2. The molecule has 0 aromatic carbocycles. The van der Waals surface area contributed by atoms with E-state index in [1.807, 2.05) is 27.3 Å². The molecule has 0 saturated carbocycles. The molecule has 5 heteroatoms. The van der Waals surface area contributed by atoms with Gasteiger partial charge in [0.05, 0.1) is 0 Å². The molecule has 0 aliphatic carbocycles. The maximum Gasteiger partial charge on any atom is 0.497 e. The summed E-state index contributed by atoms with van der Waals surface area (Å²) in [7, 11) is -2.25. The van der Waals surface area contributed by atoms with Gasteiger partial charge in [-0.05, 0) is 20.8 Å². The molecule has 0 saturated heterocycles. The van der Waals surface area contributed by atoms with Crippen molar-refractivity contribution >= 4 is 19.8 Å². The maximum absolute atomic E-state index is 5.40. The molecule has 0 N–H and O–H groups in total. The fourth-order valence-corrected chi connectivity index (χ4v) is 2.73. The van der Waals surface area contributed by atoms with Crippen molar-refractivity contribution < 1.29 is 13.3 Å². The lowest BCUT2D eigenvalue weighted by molar-refractivity contribution is 0.0783. The number of rotatable bonds is 6. The van der Waals surface area contributed by atoms with Crippen LogP contribution in [0.3, 0.4) is 0 Å². The van der Waals surface area contributed by atoms with Crippen molar-refractivity contribution in [3.63, 3.8) is 0 Å². The van der Waals surface area contributed by atoms with Crippen molar-refractivity contribution in [3.8, 4) is 0 Å². The van der Waals surface area contributed by atoms with E-state index in [1.165, 1.54) is 0 Å². The lowest BCUT2D eigenvalue weighted by atomic mass is 10.9. The first-order valence-electron chi connectivity index (χ1n) is 4.10. The van der Waals surface area contributed by atoms with Crippen LogP contribution in [0.1, 0.15) is 20.8 Å². The summed E-state index contributed by atoms with van der Waals surface area (Å²) in [6.45, 7) is 9.73. The van der Waals surface area contributed by atoms with Gasteiger partial charge in [-0.25, -0.2) is 0 Å². The van der Waals surface area contributed by atoms with Crippen LogP contribution in [0.15, 0.2) is 0 Å². The first-order valence-corrected chi connectivity index (χ1v) is 6.32. The predicted octanol–water partition coefficient (Wildman–Crippen LogP) is 1.28. The van der Waals surface area contributed by atoms with Crippen LogP contribution in [-0.4, -0.2) is 39.6 Å². The Hall–Kier alpha value is 0.314. The number of hydrogen-bond donors (Lipinski definition) is 0. The van der Waals surface area contributed by atoms with E-state index >= 15 is 0 Å². The maximum atomic E-state index is 5.40. The van der Waals surface area contributed by atoms with Crippen LogP contribution in [0.25, 0.3) is 0 Å². The van der Waals surface area contributed by atoms with Crippen molar-refractivity contribution in [2.75, 3.05) is 19.8 Å². The van der Waals surface area contributed by atoms with E-state index in [1.54, 1.807) is 0 Å². The van der Waals surface area contributed by atoms with Gasteiger partial charge in [0, 0.05) is 37.3 Å². The summed E-state index contributed by atoms with van der Waals surface area (Å²) in [6, 6.07) is 0. The van der Waals surface area contributed by atoms with E-state index in [4.69, 9.17) is 13.3 Å². The highest BCUT2D eigenvalue weighted by Crippen LogP contribution is 2.08. The average Bonchev–Trinajstić information content (AvgIpc) is 1.88. The largest absolute Gasteiger partial charge is 0.497 e. The Morgan fingerprint density at radius 3 is 1.25 bits per heavy atom. The van der Waals surface area contributed by atoms with Crippen molar-refractivity contribution in [2.24, 2.45) is 0 Å². The molecule has 4 radical (unpaired) electrons. The zero-order valence-corrected chi connectivity index (χ0v) is 10.3. The summed E-state index contributed by atoms with van der Waals surface area (Å²) in [4.78, 5) is 0. The van der Waals surface area contributed by atoms with Crippen LogP contribution in [0, 0.1) is 0 Å². The van der Waals surface area contributed by atoms with Gasteiger partial charge in [-0.15, -0.1) is 0 Å². The number of hydrogen-bond acceptors (Lipinski definition) is 3. The van der Waals surface area contributed by atoms with Gasteiger partial charge in [-0.1, -0.05) is 0 Å². The Kier molecular flexibility index (Phi) is 9.80. The molecule has 0 heterocycles. The molecule has 0 aliphatic rings. The van der Waals surface area contributed by atoms with Crippen LogP contribution in [0.2, 0.25) is 6.55 Å². The highest BCUT2D eigenvalue weighted by atomic mass is 28.4. The second-order valence-electron chi connectivity index (χ2n) is 2.16. The van der Waals surface area contributed by atoms with Crippen LogP contribution in [0.5, 0.6) is 0 Å². The minimum atomic E-state index is -2.25. The van der Waals surface area contributed by atoms with Gasteiger partial charge in [-0.3, -0.25) is 0 Å². The second kappa shape index (κ2) is 7.94. The first kappa shape index (κ1) is 14.8. The van der Waals surface area contributed by atoms with Crippen LogP contribution in [0.4, 0.5) is 0 Å². The zero-order valence-electron chi connectivity index (χ0n) is 8.35. The Morgan fingerprint density at radius 1 is 0.833 bits per heavy atom. The van der Waals surface area contributed by atoms with Crippen molar-refractivity contribution in [2.45, 2.75) is 27.3 Å². The quantitative estimate of drug-likeness (QED) is 0.613. The molecular formula is C7H18O3Si2. The second-order valence-corrected chi connectivity index (χ2v) is 4.75. The van der Waals surface area contributed by atoms with Crippen LogP contribution in [-0.2, 0) is 13.3 Å². The van der Waals surface area contributed by atoms with E-state index in [0.29, 0.717) is 19.8 Å². The molecule has 0 aromatic rings. The van der Waals surface area contributed by atoms with Crippen molar-refractivity contribution in [1.82, 2.24) is 0 Å². The minimum Gasteiger partial charge on any atom is -0.374 e. The van der Waals surface area contributed by atoms with E-state index < -0.39 is 8.80 Å². The summed E-state index contributed by atoms with van der Waals surface area (Å²) in [6.07, 6.45) is 0. The standard InChI is InChI=1S/C7H18O3Si.Si/c1-5-8-11(4,9-6-2)10-7-3;/h5-7H2,1-4H3;. The normalized spacial score (nSPS) is 11.0. The van der Waals surface area contributed by atoms with Gasteiger partial charge >= 0.3 is 8.80 Å². The van der Waals surface area contributed by atoms with Gasteiger partial charge < -0.3 is 13.3 Å². The molecule has 0 spiro atoms. The molecule has 72 valence electrons. The van der Waals surface area contributed by atoms with E-state index in [-0.39, 0.29) is 11.0 Å². The SMILES string of the molecule is CCO[Si](C)(OCC)OCC.[Si]. The molecule has 0 bridgehead atoms. The highest BCUT2D eigenvalue weighted by molar-refractivity contribution is 6.59. The minimum absolute atomic E-state index is 0. The Morgan fingerprint density at radius 2 is 1.08 bits per heavy atom. The molecule has 0 fully saturated rings. The van der Waals surface area contributed by atoms with Gasteiger partial charge in [0.15, 0.2) is 0 Å². The molecule has 3 nitrogen and oxygen atoms in total. The zero-order chi connectivity index (χ0) is 8.74. The first-order chi connectivity index (χ1) is 5.18. The highest BCUT2D eigenvalue weighted by Gasteiger charge is 2.32. The predicted molar refractivity (Wildman–Crippen MR) is 52.3 cm³/mol. The molecule has 0 amide bonds. The van der Waals surface area contributed by atoms with Gasteiger partial charge in [0.25, 0.3) is 0 Å². The van der Waals surface area contributed by atoms with Crippen molar-refractivity contribution in [3.05, 3.63) is 0 Å². The molecule has 0 rings (SSSR count). The average molecular weight is 206 g/mol. The van der Waals surface area contributed by atoms with E-state index in [9.17, 15) is 0 Å². The Bertz CT molecular complexity index is 83.6. The summed E-state index contributed by atoms with van der Waals surface area (Å²) in [5, 5.41) is 0. The molecule has 12 heavy (non-hydrogen) atoms. The lowest BCUT2D eigenvalue weighted by Crippen LogP contribution is -2.42. The van der Waals surface area contributed by atoms with Gasteiger partial charge in [0.1, 0.15) is 0 Å². The smallest absolute Gasteiger partial charge is 0.374 e. The molecular weight excluding hydrogens is 188 g/mol. The van der Waals surface area contributed by atoms with E-state index in [2.05, 4.69) is 0 Å². The molecule has 0 aromatic heterocycles. The lowest BCUT2D eigenvalue weighted by Gasteiger charge is -2.23. The summed E-state index contributed by atoms with van der Waals surface area (Å²) >= 11 is 0. The van der Waals surface area contributed by atoms with E-state index in [0.717, 1.165) is 0 Å². The monoisotopic (exact) mass is 206 g/mol. The Balaban J connectivity index is 0. The van der Waals surface area contributed by atoms with Gasteiger partial charge in [-0.2, -0.15) is 0 Å². The third-order valence-electron chi connectivity index (χ3n) is 1.22. The summed E-state index contributed by atoms with van der Waals surface area (Å²) in [5.41, 5.74) is 0. The topological polar surface area (TPSA) is 27.7 Å². The Labute approximate surface area is 80.8 Å². The third-order valence-corrected chi connectivity index (χ3v) is 3.66. The van der Waals surface area contributed by atoms with Gasteiger partial charge in [0.2, 0.25) is 0 Å². The molecule has 0 unspecified atom stereocenters. The van der Waals surface area contributed by atoms with Crippen LogP contribution < -0.4 is 0 Å². The summed E-state index contributed by atoms with van der Waals surface area (Å²) in [5.74, 6) is 0. The fraction of sp³-hybridized carbons (Fsp3) is 1.00. The third kappa shape index (κ3) is 5.90. The van der Waals surface area contributed by atoms with Crippen molar-refractivity contribution in [1.29, 1.82) is 0 Å². The fourth-order valence-electron chi connectivity index (χ4n) is 0.912. The molecule has 0 atom stereocenters.